The maximum Gasteiger partial charge on any atom is 0.327 e. The molecule has 0 spiro atoms. The van der Waals surface area contributed by atoms with Crippen molar-refractivity contribution >= 4 is 27.8 Å². The van der Waals surface area contributed by atoms with E-state index in [1.807, 2.05) is 0 Å². The molecule has 5 nitrogen and oxygen atoms in total. The van der Waals surface area contributed by atoms with Crippen LogP contribution in [0.1, 0.15) is 10.4 Å². The number of hydrogen-bond donors (Lipinski definition) is 2. The van der Waals surface area contributed by atoms with Crippen molar-refractivity contribution in [1.82, 2.24) is 10.2 Å². The summed E-state index contributed by atoms with van der Waals surface area (Å²) in [5.74, 6) is -1.93. The lowest BCUT2D eigenvalue weighted by molar-refractivity contribution is -0.142. The van der Waals surface area contributed by atoms with E-state index in [1.54, 1.807) is 0 Å². The van der Waals surface area contributed by atoms with Crippen molar-refractivity contribution in [3.05, 3.63) is 34.1 Å². The monoisotopic (exact) mass is 330 g/mol. The van der Waals surface area contributed by atoms with Gasteiger partial charge in [0, 0.05) is 24.1 Å². The quantitative estimate of drug-likeness (QED) is 0.851. The third-order valence-corrected chi connectivity index (χ3v) is 3.61. The first kappa shape index (κ1) is 14.0. The highest BCUT2D eigenvalue weighted by Gasteiger charge is 2.33. The van der Waals surface area contributed by atoms with Gasteiger partial charge in [-0.05, 0) is 34.1 Å². The lowest BCUT2D eigenvalue weighted by Gasteiger charge is -2.33. The zero-order chi connectivity index (χ0) is 14.0. The van der Waals surface area contributed by atoms with Crippen molar-refractivity contribution in [2.45, 2.75) is 6.04 Å². The van der Waals surface area contributed by atoms with Crippen molar-refractivity contribution in [2.24, 2.45) is 0 Å². The lowest BCUT2D eigenvalue weighted by Crippen LogP contribution is -2.57. The molecule has 2 rings (SSSR count). The Hall–Kier alpha value is -1.47. The number of carboxylic acids is 1. The van der Waals surface area contributed by atoms with Gasteiger partial charge in [-0.3, -0.25) is 4.79 Å². The van der Waals surface area contributed by atoms with Crippen LogP contribution in [0.4, 0.5) is 4.39 Å². The number of carbonyl (C=O) groups excluding carboxylic acids is 1. The van der Waals surface area contributed by atoms with E-state index in [2.05, 4.69) is 21.2 Å². The van der Waals surface area contributed by atoms with Gasteiger partial charge in [-0.15, -0.1) is 0 Å². The number of rotatable bonds is 2. The van der Waals surface area contributed by atoms with Crippen LogP contribution < -0.4 is 5.32 Å². The van der Waals surface area contributed by atoms with Crippen LogP contribution in [0.25, 0.3) is 0 Å². The molecule has 1 atom stereocenters. The number of carbonyl (C=O) groups is 2. The highest BCUT2D eigenvalue weighted by atomic mass is 79.9. The largest absolute Gasteiger partial charge is 0.480 e. The van der Waals surface area contributed by atoms with Crippen LogP contribution in [0.15, 0.2) is 22.7 Å². The normalized spacial score (nSPS) is 19.3. The number of halogens is 2. The fraction of sp³-hybridized carbons (Fsp3) is 0.333. The minimum atomic E-state index is -1.06. The average Bonchev–Trinajstić information content (AvgIpc) is 2.38. The van der Waals surface area contributed by atoms with E-state index in [0.717, 1.165) is 0 Å². The first-order chi connectivity index (χ1) is 9.00. The maximum atomic E-state index is 13.0. The number of amides is 1. The standard InChI is InChI=1S/C12H12BrFN2O3/c13-9-5-7(14)1-2-8(9)11(17)16-4-3-15-6-10(16)12(18)19/h1-2,5,10,15H,3-4,6H2,(H,18,19). The van der Waals surface area contributed by atoms with Gasteiger partial charge in [0.1, 0.15) is 11.9 Å². The average molecular weight is 331 g/mol. The molecule has 1 heterocycles. The lowest BCUT2D eigenvalue weighted by atomic mass is 10.1. The molecule has 0 aromatic heterocycles. The molecule has 102 valence electrons. The van der Waals surface area contributed by atoms with E-state index >= 15 is 0 Å². The maximum absolute atomic E-state index is 13.0. The van der Waals surface area contributed by atoms with E-state index in [9.17, 15) is 14.0 Å². The van der Waals surface area contributed by atoms with Gasteiger partial charge in [-0.2, -0.15) is 0 Å². The van der Waals surface area contributed by atoms with Crippen molar-refractivity contribution in [3.63, 3.8) is 0 Å². The molecule has 0 saturated carbocycles. The SMILES string of the molecule is O=C(O)C1CNCCN1C(=O)c1ccc(F)cc1Br. The first-order valence-corrected chi connectivity index (χ1v) is 6.49. The first-order valence-electron chi connectivity index (χ1n) is 5.70. The molecule has 1 fully saturated rings. The Morgan fingerprint density at radius 3 is 2.84 bits per heavy atom. The molecule has 0 aliphatic carbocycles. The molecule has 19 heavy (non-hydrogen) atoms. The molecular weight excluding hydrogens is 319 g/mol. The molecule has 0 radical (unpaired) electrons. The van der Waals surface area contributed by atoms with Gasteiger partial charge in [0.15, 0.2) is 0 Å². The van der Waals surface area contributed by atoms with E-state index in [0.29, 0.717) is 17.6 Å². The Kier molecular flexibility index (Phi) is 4.16. The van der Waals surface area contributed by atoms with E-state index in [4.69, 9.17) is 5.11 Å². The predicted molar refractivity (Wildman–Crippen MR) is 69.4 cm³/mol. The number of aliphatic carboxylic acids is 1. The van der Waals surface area contributed by atoms with Gasteiger partial charge in [0.05, 0.1) is 5.56 Å². The molecule has 1 saturated heterocycles. The Balaban J connectivity index is 2.28. The second-order valence-corrected chi connectivity index (χ2v) is 5.04. The Morgan fingerprint density at radius 1 is 1.47 bits per heavy atom. The van der Waals surface area contributed by atoms with Gasteiger partial charge in [0.25, 0.3) is 5.91 Å². The van der Waals surface area contributed by atoms with Gasteiger partial charge in [0.2, 0.25) is 0 Å². The number of benzene rings is 1. The summed E-state index contributed by atoms with van der Waals surface area (Å²) >= 11 is 3.12. The molecule has 1 aliphatic heterocycles. The summed E-state index contributed by atoms with van der Waals surface area (Å²) in [7, 11) is 0. The third kappa shape index (κ3) is 2.93. The summed E-state index contributed by atoms with van der Waals surface area (Å²) in [6.45, 7) is 1.05. The predicted octanol–water partition coefficient (Wildman–Crippen LogP) is 1.09. The Labute approximate surface area is 117 Å². The number of carboxylic acid groups (broad SMARTS) is 1. The summed E-state index contributed by atoms with van der Waals surface area (Å²) in [6.07, 6.45) is 0. The smallest absolute Gasteiger partial charge is 0.327 e. The van der Waals surface area contributed by atoms with Gasteiger partial charge in [-0.25, -0.2) is 9.18 Å². The van der Waals surface area contributed by atoms with Crippen molar-refractivity contribution in [2.75, 3.05) is 19.6 Å². The van der Waals surface area contributed by atoms with Crippen LogP contribution in [-0.2, 0) is 4.79 Å². The van der Waals surface area contributed by atoms with Crippen LogP contribution in [0, 0.1) is 5.82 Å². The summed E-state index contributed by atoms with van der Waals surface area (Å²) in [6, 6.07) is 2.81. The molecule has 1 amide bonds. The summed E-state index contributed by atoms with van der Waals surface area (Å²) in [5, 5.41) is 12.0. The summed E-state index contributed by atoms with van der Waals surface area (Å²) < 4.78 is 13.3. The van der Waals surface area contributed by atoms with Crippen molar-refractivity contribution < 1.29 is 19.1 Å². The van der Waals surface area contributed by atoms with Gasteiger partial charge >= 0.3 is 5.97 Å². The van der Waals surface area contributed by atoms with Crippen LogP contribution in [0.5, 0.6) is 0 Å². The topological polar surface area (TPSA) is 69.6 Å². The van der Waals surface area contributed by atoms with Gasteiger partial charge < -0.3 is 15.3 Å². The molecule has 2 N–H and O–H groups in total. The third-order valence-electron chi connectivity index (χ3n) is 2.95. The zero-order valence-corrected chi connectivity index (χ0v) is 11.5. The fourth-order valence-corrected chi connectivity index (χ4v) is 2.51. The molecule has 1 aromatic carbocycles. The number of nitrogens with one attached hydrogen (secondary N) is 1. The molecule has 1 aliphatic rings. The Morgan fingerprint density at radius 2 is 2.21 bits per heavy atom. The van der Waals surface area contributed by atoms with Gasteiger partial charge in [-0.1, -0.05) is 0 Å². The van der Waals surface area contributed by atoms with E-state index in [-0.39, 0.29) is 12.1 Å². The number of hydrogen-bond acceptors (Lipinski definition) is 3. The van der Waals surface area contributed by atoms with Crippen LogP contribution in [0.3, 0.4) is 0 Å². The van der Waals surface area contributed by atoms with Crippen molar-refractivity contribution in [3.8, 4) is 0 Å². The van der Waals surface area contributed by atoms with E-state index < -0.39 is 23.7 Å². The molecule has 0 bridgehead atoms. The minimum Gasteiger partial charge on any atom is -0.480 e. The Bertz CT molecular complexity index is 524. The molecule has 1 unspecified atom stereocenters. The molecular formula is C12H12BrFN2O3. The zero-order valence-electron chi connectivity index (χ0n) is 9.90. The van der Waals surface area contributed by atoms with Crippen LogP contribution in [-0.4, -0.2) is 47.6 Å². The second-order valence-electron chi connectivity index (χ2n) is 4.18. The number of piperazine rings is 1. The summed E-state index contributed by atoms with van der Waals surface area (Å²) in [4.78, 5) is 24.8. The highest BCUT2D eigenvalue weighted by molar-refractivity contribution is 9.10. The minimum absolute atomic E-state index is 0.208. The molecule has 1 aromatic rings. The second kappa shape index (κ2) is 5.66. The highest BCUT2D eigenvalue weighted by Crippen LogP contribution is 2.21. The van der Waals surface area contributed by atoms with Crippen LogP contribution >= 0.6 is 15.9 Å². The number of nitrogens with zero attached hydrogens (tertiary/aromatic N) is 1. The van der Waals surface area contributed by atoms with E-state index in [1.165, 1.54) is 23.1 Å². The van der Waals surface area contributed by atoms with Crippen molar-refractivity contribution in [1.29, 1.82) is 0 Å². The molecule has 7 heteroatoms. The summed E-state index contributed by atoms with van der Waals surface area (Å²) in [5.41, 5.74) is 0.259. The van der Waals surface area contributed by atoms with Crippen LogP contribution in [0.2, 0.25) is 0 Å². The fourth-order valence-electron chi connectivity index (χ4n) is 1.99.